The molecule has 0 bridgehead atoms. The van der Waals surface area contributed by atoms with E-state index in [2.05, 4.69) is 26.1 Å². The van der Waals surface area contributed by atoms with Crippen molar-refractivity contribution in [2.45, 2.75) is 32.0 Å². The van der Waals surface area contributed by atoms with E-state index in [4.69, 9.17) is 0 Å². The highest BCUT2D eigenvalue weighted by Crippen LogP contribution is 2.37. The second-order valence-corrected chi connectivity index (χ2v) is 5.82. The number of anilines is 1. The van der Waals surface area contributed by atoms with Crippen LogP contribution in [0.3, 0.4) is 0 Å². The van der Waals surface area contributed by atoms with Crippen LogP contribution in [0.5, 0.6) is 0 Å². The quantitative estimate of drug-likeness (QED) is 0.881. The lowest BCUT2D eigenvalue weighted by molar-refractivity contribution is -0.137. The molecule has 0 saturated carbocycles. The highest BCUT2D eigenvalue weighted by molar-refractivity contribution is 9.10. The molecule has 1 unspecified atom stereocenters. The molecule has 0 aromatic heterocycles. The van der Waals surface area contributed by atoms with E-state index in [0.717, 1.165) is 50.3 Å². The van der Waals surface area contributed by atoms with Crippen molar-refractivity contribution in [3.8, 4) is 0 Å². The normalized spacial score (nSPS) is 19.6. The molecule has 6 heteroatoms. The fourth-order valence-electron chi connectivity index (χ4n) is 2.59. The third kappa shape index (κ3) is 3.47. The van der Waals surface area contributed by atoms with Gasteiger partial charge in [-0.1, -0.05) is 6.92 Å². The zero-order valence-corrected chi connectivity index (χ0v) is 12.9. The molecule has 1 fully saturated rings. The van der Waals surface area contributed by atoms with Crippen molar-refractivity contribution in [1.82, 2.24) is 5.32 Å². The van der Waals surface area contributed by atoms with Gasteiger partial charge in [0.15, 0.2) is 0 Å². The second-order valence-electron chi connectivity index (χ2n) is 4.96. The predicted octanol–water partition coefficient (Wildman–Crippen LogP) is 4.05. The molecule has 2 nitrogen and oxygen atoms in total. The van der Waals surface area contributed by atoms with Crippen LogP contribution in [0.25, 0.3) is 0 Å². The van der Waals surface area contributed by atoms with Crippen molar-refractivity contribution in [2.75, 3.05) is 24.5 Å². The van der Waals surface area contributed by atoms with Crippen LogP contribution in [0.1, 0.15) is 25.3 Å². The molecular formula is C14H18BrF3N2. The van der Waals surface area contributed by atoms with Gasteiger partial charge in [-0.3, -0.25) is 0 Å². The van der Waals surface area contributed by atoms with Crippen molar-refractivity contribution in [1.29, 1.82) is 0 Å². The van der Waals surface area contributed by atoms with Crippen LogP contribution in [0.15, 0.2) is 22.7 Å². The van der Waals surface area contributed by atoms with Gasteiger partial charge in [0.2, 0.25) is 0 Å². The molecule has 1 aromatic rings. The van der Waals surface area contributed by atoms with E-state index in [0.29, 0.717) is 10.5 Å². The van der Waals surface area contributed by atoms with E-state index in [9.17, 15) is 13.2 Å². The number of benzene rings is 1. The molecule has 1 aromatic carbocycles. The van der Waals surface area contributed by atoms with E-state index in [1.54, 1.807) is 6.07 Å². The predicted molar refractivity (Wildman–Crippen MR) is 78.1 cm³/mol. The fraction of sp³-hybridized carbons (Fsp3) is 0.571. The van der Waals surface area contributed by atoms with Gasteiger partial charge in [-0.2, -0.15) is 13.2 Å². The fourth-order valence-corrected chi connectivity index (χ4v) is 3.20. The van der Waals surface area contributed by atoms with Crippen molar-refractivity contribution in [2.24, 2.45) is 0 Å². The molecule has 1 saturated heterocycles. The monoisotopic (exact) mass is 350 g/mol. The zero-order chi connectivity index (χ0) is 14.8. The van der Waals surface area contributed by atoms with E-state index in [1.165, 1.54) is 0 Å². The van der Waals surface area contributed by atoms with Crippen LogP contribution < -0.4 is 10.2 Å². The summed E-state index contributed by atoms with van der Waals surface area (Å²) in [5.74, 6) is 0. The van der Waals surface area contributed by atoms with Crippen LogP contribution in [0.2, 0.25) is 0 Å². The summed E-state index contributed by atoms with van der Waals surface area (Å²) < 4.78 is 38.5. The molecule has 0 amide bonds. The molecule has 20 heavy (non-hydrogen) atoms. The molecule has 1 aliphatic heterocycles. The first kappa shape index (κ1) is 15.6. The topological polar surface area (TPSA) is 15.3 Å². The molecule has 1 aliphatic rings. The molecule has 0 aliphatic carbocycles. The van der Waals surface area contributed by atoms with E-state index < -0.39 is 11.7 Å². The minimum Gasteiger partial charge on any atom is -0.366 e. The maximum absolute atomic E-state index is 12.7. The summed E-state index contributed by atoms with van der Waals surface area (Å²) in [5, 5.41) is 3.31. The number of nitrogens with one attached hydrogen (secondary N) is 1. The Labute approximate surface area is 125 Å². The lowest BCUT2D eigenvalue weighted by Gasteiger charge is -2.28. The van der Waals surface area contributed by atoms with E-state index in [1.807, 2.05) is 6.92 Å². The first-order valence-electron chi connectivity index (χ1n) is 6.77. The lowest BCUT2D eigenvalue weighted by atomic mass is 10.1. The summed E-state index contributed by atoms with van der Waals surface area (Å²) in [5.41, 5.74) is 0.231. The second kappa shape index (κ2) is 6.35. The Hall–Kier alpha value is -0.750. The Balaban J connectivity index is 2.20. The number of alkyl halides is 3. The molecule has 0 radical (unpaired) electrons. The first-order chi connectivity index (χ1) is 9.43. The largest absolute Gasteiger partial charge is 0.416 e. The maximum atomic E-state index is 12.7. The van der Waals surface area contributed by atoms with Crippen LogP contribution in [-0.4, -0.2) is 25.7 Å². The maximum Gasteiger partial charge on any atom is 0.416 e. The van der Waals surface area contributed by atoms with Crippen LogP contribution in [-0.2, 0) is 6.18 Å². The average Bonchev–Trinajstić information content (AvgIpc) is 2.83. The summed E-state index contributed by atoms with van der Waals surface area (Å²) in [6.07, 6.45) is -2.15. The Morgan fingerprint density at radius 1 is 1.40 bits per heavy atom. The minimum absolute atomic E-state index is 0.350. The van der Waals surface area contributed by atoms with Crippen LogP contribution in [0, 0.1) is 0 Å². The van der Waals surface area contributed by atoms with Gasteiger partial charge in [0.25, 0.3) is 0 Å². The van der Waals surface area contributed by atoms with Gasteiger partial charge in [-0.15, -0.1) is 0 Å². The van der Waals surface area contributed by atoms with Crippen molar-refractivity contribution in [3.63, 3.8) is 0 Å². The van der Waals surface area contributed by atoms with Crippen molar-refractivity contribution >= 4 is 21.6 Å². The molecule has 1 atom stereocenters. The zero-order valence-electron chi connectivity index (χ0n) is 11.3. The molecule has 1 heterocycles. The molecule has 0 spiro atoms. The highest BCUT2D eigenvalue weighted by atomic mass is 79.9. The molecular weight excluding hydrogens is 333 g/mol. The third-order valence-corrected chi connectivity index (χ3v) is 4.23. The number of halogens is 4. The van der Waals surface area contributed by atoms with Gasteiger partial charge < -0.3 is 10.2 Å². The number of rotatable bonds is 4. The van der Waals surface area contributed by atoms with Gasteiger partial charge >= 0.3 is 6.18 Å². The smallest absolute Gasteiger partial charge is 0.366 e. The Kier molecular flexibility index (Phi) is 4.96. The third-order valence-electron chi connectivity index (χ3n) is 3.59. The van der Waals surface area contributed by atoms with Crippen LogP contribution in [0.4, 0.5) is 18.9 Å². The number of hydrogen-bond acceptors (Lipinski definition) is 2. The number of nitrogens with zero attached hydrogens (tertiary/aromatic N) is 1. The van der Waals surface area contributed by atoms with Crippen LogP contribution >= 0.6 is 15.9 Å². The minimum atomic E-state index is -4.30. The lowest BCUT2D eigenvalue weighted by Crippen LogP contribution is -2.38. The van der Waals surface area contributed by atoms with Crippen molar-refractivity contribution in [3.05, 3.63) is 28.2 Å². The summed E-state index contributed by atoms with van der Waals surface area (Å²) in [4.78, 5) is 2.19. The highest BCUT2D eigenvalue weighted by Gasteiger charge is 2.32. The van der Waals surface area contributed by atoms with Gasteiger partial charge in [-0.25, -0.2) is 0 Å². The Morgan fingerprint density at radius 3 is 2.75 bits per heavy atom. The molecule has 1 N–H and O–H groups in total. The van der Waals surface area contributed by atoms with E-state index in [-0.39, 0.29) is 0 Å². The summed E-state index contributed by atoms with van der Waals surface area (Å²) in [6, 6.07) is 4.24. The van der Waals surface area contributed by atoms with Gasteiger partial charge in [0, 0.05) is 23.6 Å². The Morgan fingerprint density at radius 2 is 2.15 bits per heavy atom. The SMILES string of the molecule is CCNCC1CCCN1c1ccc(C(F)(F)F)cc1Br. The van der Waals surface area contributed by atoms with Gasteiger partial charge in [0.1, 0.15) is 0 Å². The summed E-state index contributed by atoms with van der Waals surface area (Å²) in [6.45, 7) is 4.70. The average molecular weight is 351 g/mol. The number of hydrogen-bond donors (Lipinski definition) is 1. The standard InChI is InChI=1S/C14H18BrF3N2/c1-2-19-9-11-4-3-7-20(11)13-6-5-10(8-12(13)15)14(16,17)18/h5-6,8,11,19H,2-4,7,9H2,1H3. The van der Waals surface area contributed by atoms with Gasteiger partial charge in [0.05, 0.1) is 11.3 Å². The van der Waals surface area contributed by atoms with Crippen molar-refractivity contribution < 1.29 is 13.2 Å². The van der Waals surface area contributed by atoms with E-state index >= 15 is 0 Å². The molecule has 112 valence electrons. The summed E-state index contributed by atoms with van der Waals surface area (Å²) in [7, 11) is 0. The molecule has 2 rings (SSSR count). The number of likely N-dealkylation sites (N-methyl/N-ethyl adjacent to an activating group) is 1. The first-order valence-corrected chi connectivity index (χ1v) is 7.57. The summed E-state index contributed by atoms with van der Waals surface area (Å²) >= 11 is 3.28. The van der Waals surface area contributed by atoms with Gasteiger partial charge in [-0.05, 0) is 53.5 Å². The Bertz CT molecular complexity index is 462.